The molecule has 4 rings (SSSR count). The highest BCUT2D eigenvalue weighted by molar-refractivity contribution is 7.14. The number of aryl methyl sites for hydroxylation is 1. The number of benzene rings is 2. The van der Waals surface area contributed by atoms with Crippen LogP contribution in [0.2, 0.25) is 0 Å². The summed E-state index contributed by atoms with van der Waals surface area (Å²) in [5.41, 5.74) is 2.51. The molecule has 0 aliphatic carbocycles. The van der Waals surface area contributed by atoms with Gasteiger partial charge in [-0.25, -0.2) is 14.2 Å². The smallest absolute Gasteiger partial charge is 0.338 e. The number of nitrogens with one attached hydrogen (secondary N) is 1. The van der Waals surface area contributed by atoms with Crippen LogP contribution in [-0.2, 0) is 27.4 Å². The summed E-state index contributed by atoms with van der Waals surface area (Å²) in [6, 6.07) is 10.9. The number of anilines is 3. The molecule has 158 valence electrons. The monoisotopic (exact) mass is 439 g/mol. The van der Waals surface area contributed by atoms with Crippen LogP contribution in [0.4, 0.5) is 20.9 Å². The summed E-state index contributed by atoms with van der Waals surface area (Å²) in [6.07, 6.45) is 0.941. The molecule has 2 heterocycles. The standard InChI is InChI=1S/C22H18FN3O4S/c1-13(27)26(19-5-3-2-4-17(19)23)22-24-16(12-31-22)11-30-21(29)15-6-8-18-14(10-15)7-9-20(28)25-18/h2-6,8,10,12H,7,9,11H2,1H3,(H,25,28). The fourth-order valence-electron chi connectivity index (χ4n) is 3.24. The number of carbonyl (C=O) groups excluding carboxylic acids is 3. The summed E-state index contributed by atoms with van der Waals surface area (Å²) in [5.74, 6) is -1.49. The van der Waals surface area contributed by atoms with Crippen LogP contribution >= 0.6 is 11.3 Å². The first-order valence-electron chi connectivity index (χ1n) is 9.52. The zero-order valence-corrected chi connectivity index (χ0v) is 17.4. The Hall–Kier alpha value is -3.59. The summed E-state index contributed by atoms with van der Waals surface area (Å²) < 4.78 is 19.5. The Morgan fingerprint density at radius 1 is 1.23 bits per heavy atom. The lowest BCUT2D eigenvalue weighted by atomic mass is 10.0. The minimum Gasteiger partial charge on any atom is -0.456 e. The molecular formula is C22H18FN3O4S. The van der Waals surface area contributed by atoms with Crippen molar-refractivity contribution in [3.8, 4) is 0 Å². The zero-order chi connectivity index (χ0) is 22.0. The van der Waals surface area contributed by atoms with E-state index < -0.39 is 11.8 Å². The molecule has 0 spiro atoms. The molecule has 1 aromatic heterocycles. The van der Waals surface area contributed by atoms with Gasteiger partial charge in [0.05, 0.1) is 16.9 Å². The van der Waals surface area contributed by atoms with Crippen molar-refractivity contribution in [2.24, 2.45) is 0 Å². The van der Waals surface area contributed by atoms with Gasteiger partial charge in [0.15, 0.2) is 5.13 Å². The normalized spacial score (nSPS) is 12.6. The molecule has 2 aromatic carbocycles. The number of rotatable bonds is 5. The SMILES string of the molecule is CC(=O)N(c1nc(COC(=O)c2ccc3c(c2)CCC(=O)N3)cs1)c1ccccc1F. The Labute approximate surface area is 181 Å². The Balaban J connectivity index is 1.45. The van der Waals surface area contributed by atoms with Crippen molar-refractivity contribution in [3.63, 3.8) is 0 Å². The van der Waals surface area contributed by atoms with Crippen LogP contribution < -0.4 is 10.2 Å². The predicted octanol–water partition coefficient (Wildman–Crippen LogP) is 4.21. The second-order valence-corrected chi connectivity index (χ2v) is 7.76. The van der Waals surface area contributed by atoms with Crippen LogP contribution in [0.15, 0.2) is 47.8 Å². The number of hydrogen-bond acceptors (Lipinski definition) is 6. The quantitative estimate of drug-likeness (QED) is 0.602. The van der Waals surface area contributed by atoms with Gasteiger partial charge in [-0.3, -0.25) is 14.5 Å². The van der Waals surface area contributed by atoms with E-state index >= 15 is 0 Å². The average Bonchev–Trinajstić information content (AvgIpc) is 3.21. The number of esters is 1. The molecular weight excluding hydrogens is 421 g/mol. The number of nitrogens with zero attached hydrogens (tertiary/aromatic N) is 2. The van der Waals surface area contributed by atoms with Gasteiger partial charge >= 0.3 is 5.97 Å². The van der Waals surface area contributed by atoms with E-state index in [1.54, 1.807) is 35.7 Å². The maximum absolute atomic E-state index is 14.2. The highest BCUT2D eigenvalue weighted by Crippen LogP contribution is 2.31. The number of hydrogen-bond donors (Lipinski definition) is 1. The molecule has 3 aromatic rings. The fraction of sp³-hybridized carbons (Fsp3) is 0.182. The molecule has 0 bridgehead atoms. The molecule has 0 radical (unpaired) electrons. The Kier molecular flexibility index (Phi) is 5.77. The zero-order valence-electron chi connectivity index (χ0n) is 16.6. The third-order valence-electron chi connectivity index (χ3n) is 4.73. The minimum absolute atomic E-state index is 0.0443. The topological polar surface area (TPSA) is 88.6 Å². The summed E-state index contributed by atoms with van der Waals surface area (Å²) >= 11 is 1.15. The van der Waals surface area contributed by atoms with Crippen molar-refractivity contribution in [2.45, 2.75) is 26.4 Å². The summed E-state index contributed by atoms with van der Waals surface area (Å²) in [4.78, 5) is 41.5. The molecule has 31 heavy (non-hydrogen) atoms. The van der Waals surface area contributed by atoms with Gasteiger partial charge in [0.2, 0.25) is 11.8 Å². The summed E-state index contributed by atoms with van der Waals surface area (Å²) in [5, 5.41) is 4.71. The van der Waals surface area contributed by atoms with Gasteiger partial charge in [0.1, 0.15) is 12.4 Å². The van der Waals surface area contributed by atoms with Crippen molar-refractivity contribution in [2.75, 3.05) is 10.2 Å². The molecule has 7 nitrogen and oxygen atoms in total. The first-order chi connectivity index (χ1) is 14.9. The van der Waals surface area contributed by atoms with E-state index in [1.807, 2.05) is 0 Å². The van der Waals surface area contributed by atoms with Gasteiger partial charge in [-0.1, -0.05) is 12.1 Å². The van der Waals surface area contributed by atoms with E-state index in [0.29, 0.717) is 29.8 Å². The minimum atomic E-state index is -0.538. The van der Waals surface area contributed by atoms with Crippen molar-refractivity contribution in [3.05, 3.63) is 70.5 Å². The predicted molar refractivity (Wildman–Crippen MR) is 114 cm³/mol. The lowest BCUT2D eigenvalue weighted by Crippen LogP contribution is -2.23. The molecule has 2 amide bonds. The number of halogens is 1. The lowest BCUT2D eigenvalue weighted by Gasteiger charge is -2.18. The summed E-state index contributed by atoms with van der Waals surface area (Å²) in [7, 11) is 0. The lowest BCUT2D eigenvalue weighted by molar-refractivity contribution is -0.117. The van der Waals surface area contributed by atoms with Gasteiger partial charge in [0, 0.05) is 24.4 Å². The van der Waals surface area contributed by atoms with Gasteiger partial charge in [0.25, 0.3) is 0 Å². The first kappa shape index (κ1) is 20.7. The molecule has 0 fully saturated rings. The molecule has 0 saturated heterocycles. The van der Waals surface area contributed by atoms with Crippen LogP contribution in [0, 0.1) is 5.82 Å². The van der Waals surface area contributed by atoms with Crippen LogP contribution in [0.5, 0.6) is 0 Å². The number of amides is 2. The number of thiazole rings is 1. The Morgan fingerprint density at radius 3 is 2.81 bits per heavy atom. The molecule has 0 unspecified atom stereocenters. The van der Waals surface area contributed by atoms with Crippen molar-refractivity contribution >= 4 is 45.6 Å². The van der Waals surface area contributed by atoms with Crippen molar-refractivity contribution in [1.82, 2.24) is 4.98 Å². The van der Waals surface area contributed by atoms with Gasteiger partial charge in [-0.05, 0) is 42.3 Å². The number of fused-ring (bicyclic) bond motifs is 1. The molecule has 9 heteroatoms. The van der Waals surface area contributed by atoms with Gasteiger partial charge in [-0.15, -0.1) is 11.3 Å². The Bertz CT molecular complexity index is 1180. The molecule has 1 aliphatic rings. The molecule has 1 N–H and O–H groups in total. The first-order valence-corrected chi connectivity index (χ1v) is 10.4. The molecule has 0 saturated carbocycles. The van der Waals surface area contributed by atoms with E-state index in [-0.39, 0.29) is 29.2 Å². The van der Waals surface area contributed by atoms with Gasteiger partial charge in [-0.2, -0.15) is 0 Å². The Morgan fingerprint density at radius 2 is 2.03 bits per heavy atom. The van der Waals surface area contributed by atoms with Crippen LogP contribution in [0.3, 0.4) is 0 Å². The third kappa shape index (κ3) is 4.46. The maximum atomic E-state index is 14.2. The summed E-state index contributed by atoms with van der Waals surface area (Å²) in [6.45, 7) is 1.23. The highest BCUT2D eigenvalue weighted by atomic mass is 32.1. The average molecular weight is 439 g/mol. The maximum Gasteiger partial charge on any atom is 0.338 e. The number of ether oxygens (including phenoxy) is 1. The van der Waals surface area contributed by atoms with E-state index in [0.717, 1.165) is 16.9 Å². The van der Waals surface area contributed by atoms with Crippen LogP contribution in [0.1, 0.15) is 35.0 Å². The largest absolute Gasteiger partial charge is 0.456 e. The number of aromatic nitrogens is 1. The third-order valence-corrected chi connectivity index (χ3v) is 5.60. The van der Waals surface area contributed by atoms with Crippen molar-refractivity contribution in [1.29, 1.82) is 0 Å². The second kappa shape index (κ2) is 8.65. The number of carbonyl (C=O) groups is 3. The van der Waals surface area contributed by atoms with E-state index in [1.165, 1.54) is 24.0 Å². The fourth-order valence-corrected chi connectivity index (χ4v) is 4.10. The van der Waals surface area contributed by atoms with E-state index in [2.05, 4.69) is 10.3 Å². The van der Waals surface area contributed by atoms with Crippen molar-refractivity contribution < 1.29 is 23.5 Å². The second-order valence-electron chi connectivity index (χ2n) is 6.92. The van der Waals surface area contributed by atoms with E-state index in [4.69, 9.17) is 4.74 Å². The molecule has 1 aliphatic heterocycles. The van der Waals surface area contributed by atoms with Crippen LogP contribution in [-0.4, -0.2) is 22.8 Å². The van der Waals surface area contributed by atoms with Gasteiger partial charge < -0.3 is 10.1 Å². The van der Waals surface area contributed by atoms with E-state index in [9.17, 15) is 18.8 Å². The van der Waals surface area contributed by atoms with Crippen LogP contribution in [0.25, 0.3) is 0 Å². The molecule has 0 atom stereocenters. The number of para-hydroxylation sites is 1. The highest BCUT2D eigenvalue weighted by Gasteiger charge is 2.22.